The zero-order chi connectivity index (χ0) is 18.7. The summed E-state index contributed by atoms with van der Waals surface area (Å²) in [5, 5.41) is 4.05. The summed E-state index contributed by atoms with van der Waals surface area (Å²) in [7, 11) is -0.414. The lowest BCUT2D eigenvalue weighted by molar-refractivity contribution is 0.0695. The van der Waals surface area contributed by atoms with Crippen molar-refractivity contribution < 1.29 is 13.2 Å². The number of piperazine rings is 1. The minimum atomic E-state index is -3.43. The molecule has 1 aliphatic heterocycles. The third-order valence-electron chi connectivity index (χ3n) is 4.33. The summed E-state index contributed by atoms with van der Waals surface area (Å²) in [6, 6.07) is 7.36. The molecule has 9 nitrogen and oxygen atoms in total. The van der Waals surface area contributed by atoms with Crippen molar-refractivity contribution in [1.82, 2.24) is 28.3 Å². The molecule has 1 aliphatic rings. The first kappa shape index (κ1) is 18.5. The van der Waals surface area contributed by atoms with Gasteiger partial charge in [-0.2, -0.15) is 22.1 Å². The van der Waals surface area contributed by atoms with Crippen molar-refractivity contribution in [3.63, 3.8) is 0 Å². The molecule has 0 spiro atoms. The lowest BCUT2D eigenvalue weighted by atomic mass is 10.1. The van der Waals surface area contributed by atoms with E-state index < -0.39 is 10.2 Å². The Kier molecular flexibility index (Phi) is 5.35. The molecule has 1 fully saturated rings. The number of hydrogen-bond donors (Lipinski definition) is 0. The number of aromatic nitrogens is 3. The molecule has 2 heterocycles. The van der Waals surface area contributed by atoms with Gasteiger partial charge in [-0.25, -0.2) is 9.67 Å². The van der Waals surface area contributed by atoms with Crippen molar-refractivity contribution in [1.29, 1.82) is 0 Å². The molecule has 0 N–H and O–H groups in total. The number of rotatable bonds is 5. The van der Waals surface area contributed by atoms with Crippen LogP contribution in [0, 0.1) is 0 Å². The van der Waals surface area contributed by atoms with Crippen molar-refractivity contribution >= 4 is 16.1 Å². The first-order valence-electron chi connectivity index (χ1n) is 8.26. The molecular weight excluding hydrogens is 356 g/mol. The second kappa shape index (κ2) is 7.52. The van der Waals surface area contributed by atoms with Crippen LogP contribution in [0.2, 0.25) is 0 Å². The van der Waals surface area contributed by atoms with Gasteiger partial charge in [0.1, 0.15) is 12.7 Å². The molecule has 0 saturated carbocycles. The van der Waals surface area contributed by atoms with Gasteiger partial charge in [0.2, 0.25) is 0 Å². The maximum absolute atomic E-state index is 12.6. The number of carbonyl (C=O) groups is 1. The van der Waals surface area contributed by atoms with Gasteiger partial charge in [0.05, 0.1) is 6.54 Å². The van der Waals surface area contributed by atoms with Crippen molar-refractivity contribution in [3.8, 4) is 0 Å². The fourth-order valence-electron chi connectivity index (χ4n) is 2.79. The van der Waals surface area contributed by atoms with Gasteiger partial charge in [0, 0.05) is 45.8 Å². The third-order valence-corrected chi connectivity index (χ3v) is 6.27. The maximum Gasteiger partial charge on any atom is 0.281 e. The molecule has 0 unspecified atom stereocenters. The van der Waals surface area contributed by atoms with Gasteiger partial charge in [-0.3, -0.25) is 4.79 Å². The first-order valence-corrected chi connectivity index (χ1v) is 9.66. The van der Waals surface area contributed by atoms with Crippen LogP contribution in [0.4, 0.5) is 0 Å². The molecular formula is C16H22N6O3S. The standard InChI is InChI=1S/C16H22N6O3S/c1-19(2)26(24,25)22-9-7-20(8-10-22)16(23)15-5-3-14(4-6-15)11-21-13-17-12-18-21/h3-6,12-13H,7-11H2,1-2H3. The number of benzene rings is 1. The second-order valence-corrected chi connectivity index (χ2v) is 8.41. The molecule has 10 heteroatoms. The molecule has 1 aromatic carbocycles. The zero-order valence-corrected chi connectivity index (χ0v) is 15.6. The van der Waals surface area contributed by atoms with E-state index in [9.17, 15) is 13.2 Å². The topological polar surface area (TPSA) is 91.6 Å². The SMILES string of the molecule is CN(C)S(=O)(=O)N1CCN(C(=O)c2ccc(Cn3cncn3)cc2)CC1. The predicted octanol–water partition coefficient (Wildman–Crippen LogP) is -0.109. The highest BCUT2D eigenvalue weighted by Crippen LogP contribution is 2.14. The van der Waals surface area contributed by atoms with Crippen LogP contribution in [0.15, 0.2) is 36.9 Å². The fraction of sp³-hybridized carbons (Fsp3) is 0.438. The summed E-state index contributed by atoms with van der Waals surface area (Å²) in [6.07, 6.45) is 3.12. The number of hydrogen-bond acceptors (Lipinski definition) is 5. The van der Waals surface area contributed by atoms with E-state index in [1.54, 1.807) is 28.0 Å². The van der Waals surface area contributed by atoms with E-state index >= 15 is 0 Å². The monoisotopic (exact) mass is 378 g/mol. The molecule has 140 valence electrons. The van der Waals surface area contributed by atoms with Crippen LogP contribution >= 0.6 is 0 Å². The molecule has 1 aromatic heterocycles. The van der Waals surface area contributed by atoms with Gasteiger partial charge >= 0.3 is 0 Å². The Bertz CT molecular complexity index is 841. The quantitative estimate of drug-likeness (QED) is 0.724. The van der Waals surface area contributed by atoms with Gasteiger partial charge in [-0.15, -0.1) is 0 Å². The van der Waals surface area contributed by atoms with Crippen LogP contribution in [0.3, 0.4) is 0 Å². The Morgan fingerprint density at radius 1 is 1.12 bits per heavy atom. The Morgan fingerprint density at radius 3 is 2.31 bits per heavy atom. The molecule has 2 aromatic rings. The maximum atomic E-state index is 12.6. The molecule has 0 atom stereocenters. The van der Waals surface area contributed by atoms with Gasteiger partial charge in [-0.05, 0) is 17.7 Å². The van der Waals surface area contributed by atoms with Crippen molar-refractivity contribution in [2.75, 3.05) is 40.3 Å². The third kappa shape index (κ3) is 3.92. The van der Waals surface area contributed by atoms with E-state index in [1.807, 2.05) is 12.1 Å². The van der Waals surface area contributed by atoms with E-state index in [0.29, 0.717) is 38.3 Å². The lowest BCUT2D eigenvalue weighted by Crippen LogP contribution is -2.53. The summed E-state index contributed by atoms with van der Waals surface area (Å²) < 4.78 is 28.6. The molecule has 0 radical (unpaired) electrons. The predicted molar refractivity (Wildman–Crippen MR) is 95.6 cm³/mol. The van der Waals surface area contributed by atoms with Crippen LogP contribution < -0.4 is 0 Å². The lowest BCUT2D eigenvalue weighted by Gasteiger charge is -2.35. The Labute approximate surface area is 153 Å². The highest BCUT2D eigenvalue weighted by atomic mass is 32.2. The van der Waals surface area contributed by atoms with E-state index in [-0.39, 0.29) is 5.91 Å². The van der Waals surface area contributed by atoms with Crippen LogP contribution in [0.25, 0.3) is 0 Å². The van der Waals surface area contributed by atoms with Crippen molar-refractivity contribution in [2.45, 2.75) is 6.54 Å². The average molecular weight is 378 g/mol. The summed E-state index contributed by atoms with van der Waals surface area (Å²) in [6.45, 7) is 1.96. The van der Waals surface area contributed by atoms with Crippen LogP contribution in [0.1, 0.15) is 15.9 Å². The minimum absolute atomic E-state index is 0.0841. The Balaban J connectivity index is 1.60. The van der Waals surface area contributed by atoms with Crippen LogP contribution in [-0.2, 0) is 16.8 Å². The van der Waals surface area contributed by atoms with Crippen molar-refractivity contribution in [3.05, 3.63) is 48.0 Å². The molecule has 0 bridgehead atoms. The van der Waals surface area contributed by atoms with Gasteiger partial charge in [0.25, 0.3) is 16.1 Å². The van der Waals surface area contributed by atoms with Crippen LogP contribution in [0.5, 0.6) is 0 Å². The van der Waals surface area contributed by atoms with Gasteiger partial charge in [-0.1, -0.05) is 12.1 Å². The molecule has 3 rings (SSSR count). The zero-order valence-electron chi connectivity index (χ0n) is 14.8. The Hall–Kier alpha value is -2.30. The molecule has 1 amide bonds. The van der Waals surface area contributed by atoms with Gasteiger partial charge < -0.3 is 4.90 Å². The van der Waals surface area contributed by atoms with E-state index in [2.05, 4.69) is 10.1 Å². The summed E-state index contributed by atoms with van der Waals surface area (Å²) in [5.74, 6) is -0.0841. The highest BCUT2D eigenvalue weighted by molar-refractivity contribution is 7.86. The van der Waals surface area contributed by atoms with E-state index in [1.165, 1.54) is 29.0 Å². The average Bonchev–Trinajstić information content (AvgIpc) is 3.15. The highest BCUT2D eigenvalue weighted by Gasteiger charge is 2.30. The fourth-order valence-corrected chi connectivity index (χ4v) is 3.88. The molecule has 0 aliphatic carbocycles. The Morgan fingerprint density at radius 2 is 1.77 bits per heavy atom. The number of amides is 1. The first-order chi connectivity index (χ1) is 12.4. The number of carbonyl (C=O) groups excluding carboxylic acids is 1. The smallest absolute Gasteiger partial charge is 0.281 e. The largest absolute Gasteiger partial charge is 0.336 e. The molecule has 1 saturated heterocycles. The normalized spacial score (nSPS) is 16.2. The van der Waals surface area contributed by atoms with E-state index in [0.717, 1.165) is 5.56 Å². The molecule has 26 heavy (non-hydrogen) atoms. The van der Waals surface area contributed by atoms with Gasteiger partial charge in [0.15, 0.2) is 0 Å². The summed E-state index contributed by atoms with van der Waals surface area (Å²) in [5.41, 5.74) is 1.62. The minimum Gasteiger partial charge on any atom is -0.336 e. The van der Waals surface area contributed by atoms with Crippen molar-refractivity contribution in [2.24, 2.45) is 0 Å². The van der Waals surface area contributed by atoms with E-state index in [4.69, 9.17) is 0 Å². The summed E-state index contributed by atoms with van der Waals surface area (Å²) in [4.78, 5) is 18.2. The second-order valence-electron chi connectivity index (χ2n) is 6.27. The number of nitrogens with zero attached hydrogens (tertiary/aromatic N) is 6. The summed E-state index contributed by atoms with van der Waals surface area (Å²) >= 11 is 0. The van der Waals surface area contributed by atoms with Crippen LogP contribution in [-0.4, -0.2) is 82.9 Å².